The van der Waals surface area contributed by atoms with Gasteiger partial charge < -0.3 is 14.7 Å². The van der Waals surface area contributed by atoms with Gasteiger partial charge in [-0.25, -0.2) is 0 Å². The molecule has 0 aromatic rings. The summed E-state index contributed by atoms with van der Waals surface area (Å²) >= 11 is 0. The number of hydrogen-bond acceptors (Lipinski definition) is 4. The zero-order chi connectivity index (χ0) is 21.3. The van der Waals surface area contributed by atoms with Crippen LogP contribution in [0.4, 0.5) is 0 Å². The monoisotopic (exact) mass is 428 g/mol. The molecule has 4 heteroatoms. The second-order valence-electron chi connectivity index (χ2n) is 10.4. The van der Waals surface area contributed by atoms with E-state index in [0.29, 0.717) is 0 Å². The van der Waals surface area contributed by atoms with E-state index in [2.05, 4.69) is 82.0 Å². The largest absolute Gasteiger partial charge is 0.304 e. The summed E-state index contributed by atoms with van der Waals surface area (Å²) in [6, 6.07) is 2.26. The lowest BCUT2D eigenvalue weighted by Crippen LogP contribution is -2.48. The Labute approximate surface area is 192 Å². The van der Waals surface area contributed by atoms with E-state index in [1.807, 2.05) is 0 Å². The molecule has 0 radical (unpaired) electrons. The molecule has 0 unspecified atom stereocenters. The Morgan fingerprint density at radius 2 is 0.900 bits per heavy atom. The van der Waals surface area contributed by atoms with Crippen LogP contribution in [0.25, 0.3) is 0 Å². The van der Waals surface area contributed by atoms with Gasteiger partial charge in [0.25, 0.3) is 0 Å². The predicted octanol–water partition coefficient (Wildman–Crippen LogP) is 5.39. The number of likely N-dealkylation sites (tertiary alicyclic amines) is 2. The van der Waals surface area contributed by atoms with Crippen LogP contribution < -0.4 is 0 Å². The van der Waals surface area contributed by atoms with Gasteiger partial charge in [-0.15, -0.1) is 0 Å². The molecule has 0 atom stereocenters. The molecule has 0 saturated carbocycles. The van der Waals surface area contributed by atoms with Gasteiger partial charge in [-0.1, -0.05) is 28.7 Å². The Hall–Kier alpha value is -0.160. The molecule has 3 saturated heterocycles. The Balaban J connectivity index is 0. The molecule has 0 N–H and O–H groups in total. The Morgan fingerprint density at radius 1 is 0.533 bits per heavy atom. The molecule has 0 aromatic heterocycles. The van der Waals surface area contributed by atoms with Crippen LogP contribution in [0.15, 0.2) is 0 Å². The molecule has 4 nitrogen and oxygen atoms in total. The average molecular weight is 429 g/mol. The molecule has 0 aliphatic carbocycles. The maximum absolute atomic E-state index is 2.57. The van der Waals surface area contributed by atoms with Crippen LogP contribution in [0.3, 0.4) is 0 Å². The Morgan fingerprint density at radius 3 is 1.20 bits per heavy atom. The Bertz CT molecular complexity index is 348. The zero-order valence-electron chi connectivity index (χ0n) is 20.7. The first-order chi connectivity index (χ1) is 13.1. The first-order valence-electron chi connectivity index (χ1n) is 12.0. The quantitative estimate of drug-likeness (QED) is 0.597. The third kappa shape index (κ3) is 12.6. The van der Waals surface area contributed by atoms with Gasteiger partial charge in [-0.05, 0) is 86.4 Å². The number of likely N-dealkylation sites (N-methyl/N-ethyl adjacent to an activating group) is 1. The van der Waals surface area contributed by atoms with Gasteiger partial charge in [-0.3, -0.25) is 4.90 Å². The standard InChI is InChI=1S/C9H19N.C8H18N2.C7H15N.2CH4/c2*1-8(2)10-6-4-9(3)5-7-10;1-6(2)8-4-7(3)5-8;;/h8-9H,4-7H2,1-3H3;8H,4-7H2,1-3H3;6-7H,4-5H2,1-3H3;2*1H4. The lowest BCUT2D eigenvalue weighted by molar-refractivity contribution is 0.0787. The first kappa shape index (κ1) is 32.0. The van der Waals surface area contributed by atoms with E-state index in [1.54, 1.807) is 0 Å². The van der Waals surface area contributed by atoms with Crippen LogP contribution in [0.5, 0.6) is 0 Å². The lowest BCUT2D eigenvalue weighted by atomic mass is 9.98. The molecule has 3 heterocycles. The summed E-state index contributed by atoms with van der Waals surface area (Å²) < 4.78 is 0. The van der Waals surface area contributed by atoms with Crippen LogP contribution in [-0.4, -0.2) is 97.1 Å². The highest BCUT2D eigenvalue weighted by molar-refractivity contribution is 4.78. The SMILES string of the molecule is C.C.CC(C)N1CCN(C)CC1.CC1CCN(C(C)C)CC1.CC1CN(C(C)C)C1. The lowest BCUT2D eigenvalue weighted by Gasteiger charge is -2.40. The van der Waals surface area contributed by atoms with E-state index in [1.165, 1.54) is 65.2 Å². The van der Waals surface area contributed by atoms with Crippen molar-refractivity contribution in [1.29, 1.82) is 0 Å². The summed E-state index contributed by atoms with van der Waals surface area (Å²) in [5, 5.41) is 0. The third-order valence-electron chi connectivity index (χ3n) is 6.64. The van der Waals surface area contributed by atoms with Crippen molar-refractivity contribution in [2.75, 3.05) is 59.4 Å². The number of hydrogen-bond donors (Lipinski definition) is 0. The van der Waals surface area contributed by atoms with Gasteiger partial charge in [0.1, 0.15) is 0 Å². The number of piperidine rings is 1. The van der Waals surface area contributed by atoms with Gasteiger partial charge in [0.05, 0.1) is 0 Å². The average Bonchev–Trinajstić information content (AvgIpc) is 2.61. The van der Waals surface area contributed by atoms with Crippen LogP contribution in [-0.2, 0) is 0 Å². The highest BCUT2D eigenvalue weighted by Crippen LogP contribution is 2.17. The molecule has 3 rings (SSSR count). The minimum atomic E-state index is 0. The third-order valence-corrected chi connectivity index (χ3v) is 6.64. The molecular formula is C26H60N4. The summed E-state index contributed by atoms with van der Waals surface area (Å²) in [7, 11) is 2.19. The summed E-state index contributed by atoms with van der Waals surface area (Å²) in [4.78, 5) is 9.98. The second-order valence-corrected chi connectivity index (χ2v) is 10.4. The normalized spacial score (nSPS) is 22.4. The van der Waals surface area contributed by atoms with Crippen molar-refractivity contribution in [3.8, 4) is 0 Å². The van der Waals surface area contributed by atoms with Gasteiger partial charge in [0.2, 0.25) is 0 Å². The number of rotatable bonds is 3. The van der Waals surface area contributed by atoms with Crippen LogP contribution >= 0.6 is 0 Å². The molecule has 0 bridgehead atoms. The van der Waals surface area contributed by atoms with Gasteiger partial charge in [0.15, 0.2) is 0 Å². The summed E-state index contributed by atoms with van der Waals surface area (Å²) in [5.74, 6) is 1.92. The maximum Gasteiger partial charge on any atom is 0.0112 e. The number of nitrogens with zero attached hydrogens (tertiary/aromatic N) is 4. The van der Waals surface area contributed by atoms with Crippen molar-refractivity contribution < 1.29 is 0 Å². The van der Waals surface area contributed by atoms with Crippen molar-refractivity contribution in [2.24, 2.45) is 11.8 Å². The molecule has 3 fully saturated rings. The fourth-order valence-electron chi connectivity index (χ4n) is 4.05. The fraction of sp³-hybridized carbons (Fsp3) is 1.00. The molecule has 3 aliphatic rings. The minimum absolute atomic E-state index is 0. The van der Waals surface area contributed by atoms with E-state index >= 15 is 0 Å². The molecule has 3 aliphatic heterocycles. The van der Waals surface area contributed by atoms with Crippen molar-refractivity contribution >= 4 is 0 Å². The van der Waals surface area contributed by atoms with Crippen molar-refractivity contribution in [3.05, 3.63) is 0 Å². The van der Waals surface area contributed by atoms with Crippen molar-refractivity contribution in [1.82, 2.24) is 19.6 Å². The van der Waals surface area contributed by atoms with Crippen LogP contribution in [0.2, 0.25) is 0 Å². The smallest absolute Gasteiger partial charge is 0.0112 e. The zero-order valence-corrected chi connectivity index (χ0v) is 20.7. The first-order valence-corrected chi connectivity index (χ1v) is 12.0. The molecule has 30 heavy (non-hydrogen) atoms. The second kappa shape index (κ2) is 16.5. The highest BCUT2D eigenvalue weighted by atomic mass is 15.3. The molecular weight excluding hydrogens is 368 g/mol. The van der Waals surface area contributed by atoms with Crippen molar-refractivity contribution in [2.45, 2.75) is 101 Å². The fourth-order valence-corrected chi connectivity index (χ4v) is 4.05. The van der Waals surface area contributed by atoms with Gasteiger partial charge in [0, 0.05) is 57.4 Å². The van der Waals surface area contributed by atoms with E-state index in [4.69, 9.17) is 0 Å². The van der Waals surface area contributed by atoms with Gasteiger partial charge >= 0.3 is 0 Å². The van der Waals surface area contributed by atoms with Gasteiger partial charge in [-0.2, -0.15) is 0 Å². The summed E-state index contributed by atoms with van der Waals surface area (Å²) in [6.45, 7) is 28.5. The summed E-state index contributed by atoms with van der Waals surface area (Å²) in [5.41, 5.74) is 0. The van der Waals surface area contributed by atoms with E-state index in [9.17, 15) is 0 Å². The highest BCUT2D eigenvalue weighted by Gasteiger charge is 2.23. The molecule has 0 spiro atoms. The predicted molar refractivity (Wildman–Crippen MR) is 139 cm³/mol. The Kier molecular flexibility index (Phi) is 17.6. The van der Waals surface area contributed by atoms with E-state index in [-0.39, 0.29) is 14.9 Å². The minimum Gasteiger partial charge on any atom is -0.304 e. The molecule has 0 amide bonds. The molecule has 184 valence electrons. The van der Waals surface area contributed by atoms with E-state index in [0.717, 1.165) is 30.0 Å². The van der Waals surface area contributed by atoms with Crippen LogP contribution in [0, 0.1) is 11.8 Å². The number of piperazine rings is 1. The maximum atomic E-state index is 2.57. The topological polar surface area (TPSA) is 13.0 Å². The summed E-state index contributed by atoms with van der Waals surface area (Å²) in [6.07, 6.45) is 2.80. The molecule has 0 aromatic carbocycles. The van der Waals surface area contributed by atoms with Crippen LogP contribution in [0.1, 0.15) is 83.1 Å². The van der Waals surface area contributed by atoms with E-state index < -0.39 is 0 Å². The van der Waals surface area contributed by atoms with Crippen molar-refractivity contribution in [3.63, 3.8) is 0 Å².